The predicted molar refractivity (Wildman–Crippen MR) is 235 cm³/mol. The maximum Gasteiger partial charge on any atom is 0.472 e. The van der Waals surface area contributed by atoms with E-state index in [0.717, 1.165) is 70.6 Å². The van der Waals surface area contributed by atoms with Crippen molar-refractivity contribution in [3.63, 3.8) is 0 Å². The fourth-order valence-corrected chi connectivity index (χ4v) is 6.58. The molecule has 4 N–H and O–H groups in total. The van der Waals surface area contributed by atoms with E-state index in [0.29, 0.717) is 31.5 Å². The molecular weight excluding hydrogens is 773 g/mol. The molecule has 336 valence electrons. The zero-order valence-corrected chi connectivity index (χ0v) is 36.9. The van der Waals surface area contributed by atoms with Crippen LogP contribution in [0, 0.1) is 0 Å². The number of aliphatic carboxylic acids is 1. The van der Waals surface area contributed by atoms with Crippen LogP contribution in [0.4, 0.5) is 0 Å². The van der Waals surface area contributed by atoms with Gasteiger partial charge in [-0.1, -0.05) is 138 Å². The van der Waals surface area contributed by atoms with E-state index in [-0.39, 0.29) is 19.4 Å². The number of esters is 2. The standard InChI is InChI=1S/C46H76NO11P/c1-3-5-6-7-8-9-10-11-13-17-20-23-26-29-32-35-44(48)54-37-40(38-55-59(52,53)56-39-41(47)46(50)51)57-45(49)36-33-30-27-24-21-18-15-12-14-16-19-22-25-28-31-34-43-42(4-2)58-43/h11-14,18-19,21-22,27-28,30-31,40-43H,3-10,15-17,20,23-26,29,32-39,47H2,1-2H3,(H,50,51)(H,52,53)/b13-11-,14-12+,21-18+,22-19+,30-27+,31-28+. The number of ether oxygens (including phenoxy) is 3. The van der Waals surface area contributed by atoms with E-state index in [1.165, 1.54) is 38.5 Å². The van der Waals surface area contributed by atoms with Crippen molar-refractivity contribution >= 4 is 25.7 Å². The second-order valence-corrected chi connectivity index (χ2v) is 16.3. The van der Waals surface area contributed by atoms with Gasteiger partial charge in [0.15, 0.2) is 6.10 Å². The fourth-order valence-electron chi connectivity index (χ4n) is 5.80. The Kier molecular flexibility index (Phi) is 33.5. The van der Waals surface area contributed by atoms with Crippen molar-refractivity contribution in [2.75, 3.05) is 19.8 Å². The van der Waals surface area contributed by atoms with E-state index in [1.54, 1.807) is 0 Å². The summed E-state index contributed by atoms with van der Waals surface area (Å²) < 4.78 is 38.1. The Hall–Kier alpha value is -3.12. The molecule has 1 aliphatic heterocycles. The van der Waals surface area contributed by atoms with Gasteiger partial charge in [-0.05, 0) is 77.0 Å². The molecule has 0 aliphatic carbocycles. The van der Waals surface area contributed by atoms with Gasteiger partial charge >= 0.3 is 25.7 Å². The van der Waals surface area contributed by atoms with Crippen molar-refractivity contribution in [3.05, 3.63) is 72.9 Å². The second-order valence-electron chi connectivity index (χ2n) is 14.8. The smallest absolute Gasteiger partial charge is 0.472 e. The highest BCUT2D eigenvalue weighted by Crippen LogP contribution is 2.43. The number of phosphoric acid groups is 1. The minimum absolute atomic E-state index is 0.0284. The molecule has 0 radical (unpaired) electrons. The Bertz CT molecular complexity index is 1340. The minimum Gasteiger partial charge on any atom is -0.480 e. The van der Waals surface area contributed by atoms with E-state index in [2.05, 4.69) is 73.1 Å². The van der Waals surface area contributed by atoms with Gasteiger partial charge in [0, 0.05) is 12.8 Å². The lowest BCUT2D eigenvalue weighted by atomic mass is 10.1. The maximum absolute atomic E-state index is 12.6. The van der Waals surface area contributed by atoms with Crippen LogP contribution >= 0.6 is 7.82 Å². The molecule has 0 bridgehead atoms. The van der Waals surface area contributed by atoms with E-state index in [9.17, 15) is 23.8 Å². The normalized spacial score (nSPS) is 17.8. The van der Waals surface area contributed by atoms with Crippen LogP contribution in [0.15, 0.2) is 72.9 Å². The zero-order chi connectivity index (χ0) is 43.2. The highest BCUT2D eigenvalue weighted by Gasteiger charge is 2.35. The van der Waals surface area contributed by atoms with Crippen LogP contribution < -0.4 is 5.73 Å². The number of hydrogen-bond acceptors (Lipinski definition) is 10. The van der Waals surface area contributed by atoms with Gasteiger partial charge in [0.05, 0.1) is 25.4 Å². The lowest BCUT2D eigenvalue weighted by molar-refractivity contribution is -0.161. The van der Waals surface area contributed by atoms with Crippen LogP contribution in [0.3, 0.4) is 0 Å². The van der Waals surface area contributed by atoms with Gasteiger partial charge < -0.3 is 29.9 Å². The molecule has 0 spiro atoms. The summed E-state index contributed by atoms with van der Waals surface area (Å²) in [6, 6.07) is -1.54. The molecule has 0 aromatic heterocycles. The van der Waals surface area contributed by atoms with Crippen LogP contribution in [-0.4, -0.2) is 72.1 Å². The number of unbranched alkanes of at least 4 members (excludes halogenated alkanes) is 11. The van der Waals surface area contributed by atoms with Crippen molar-refractivity contribution in [1.29, 1.82) is 0 Å². The lowest BCUT2D eigenvalue weighted by Crippen LogP contribution is -2.34. The monoisotopic (exact) mass is 850 g/mol. The summed E-state index contributed by atoms with van der Waals surface area (Å²) in [5.74, 6) is -2.51. The molecule has 0 aromatic rings. The number of phosphoric ester groups is 1. The first kappa shape index (κ1) is 53.9. The third-order valence-corrected chi connectivity index (χ3v) is 10.4. The van der Waals surface area contributed by atoms with Crippen LogP contribution in [0.1, 0.15) is 155 Å². The first-order valence-corrected chi connectivity index (χ1v) is 23.6. The SMILES string of the molecule is CCCCCCCC/C=C\CCCCCCCC(=O)OCC(COP(=O)(O)OCC(N)C(=O)O)OC(=O)CC/C=C/C/C=C/C/C=C/C/C=C/C/C=C/CC1OC1CC. The Labute approximate surface area is 355 Å². The highest BCUT2D eigenvalue weighted by molar-refractivity contribution is 7.47. The molecule has 5 unspecified atom stereocenters. The lowest BCUT2D eigenvalue weighted by Gasteiger charge is -2.20. The molecule has 0 aromatic carbocycles. The summed E-state index contributed by atoms with van der Waals surface area (Å²) >= 11 is 0. The van der Waals surface area contributed by atoms with Gasteiger partial charge in [0.25, 0.3) is 0 Å². The molecule has 0 saturated carbocycles. The molecular formula is C46H76NO11P. The summed E-state index contributed by atoms with van der Waals surface area (Å²) in [6.07, 6.45) is 46.0. The summed E-state index contributed by atoms with van der Waals surface area (Å²) in [6.45, 7) is 2.60. The first-order chi connectivity index (χ1) is 28.6. The van der Waals surface area contributed by atoms with Crippen LogP contribution in [0.5, 0.6) is 0 Å². The van der Waals surface area contributed by atoms with Crippen LogP contribution in [0.25, 0.3) is 0 Å². The van der Waals surface area contributed by atoms with E-state index in [4.69, 9.17) is 29.6 Å². The summed E-state index contributed by atoms with van der Waals surface area (Å²) in [7, 11) is -4.74. The number of carboxylic acids is 1. The van der Waals surface area contributed by atoms with Crippen molar-refractivity contribution < 1.29 is 52.2 Å². The predicted octanol–water partition coefficient (Wildman–Crippen LogP) is 10.7. The Balaban J connectivity index is 2.33. The number of carbonyl (C=O) groups excluding carboxylic acids is 2. The van der Waals surface area contributed by atoms with E-state index < -0.39 is 51.1 Å². The van der Waals surface area contributed by atoms with Crippen molar-refractivity contribution in [3.8, 4) is 0 Å². The van der Waals surface area contributed by atoms with Gasteiger partial charge in [0.2, 0.25) is 0 Å². The topological polar surface area (TPSA) is 184 Å². The average molecular weight is 850 g/mol. The van der Waals surface area contributed by atoms with E-state index in [1.807, 2.05) is 18.2 Å². The van der Waals surface area contributed by atoms with Gasteiger partial charge in [-0.3, -0.25) is 23.4 Å². The summed E-state index contributed by atoms with van der Waals surface area (Å²) in [5, 5.41) is 8.89. The Morgan fingerprint density at radius 1 is 0.627 bits per heavy atom. The fraction of sp³-hybridized carbons (Fsp3) is 0.674. The number of carbonyl (C=O) groups is 3. The number of nitrogens with two attached hydrogens (primary N) is 1. The highest BCUT2D eigenvalue weighted by atomic mass is 31.2. The molecule has 5 atom stereocenters. The molecule has 1 fully saturated rings. The molecule has 1 rings (SSSR count). The van der Waals surface area contributed by atoms with E-state index >= 15 is 0 Å². The third kappa shape index (κ3) is 34.3. The number of allylic oxidation sites excluding steroid dienone is 11. The number of carboxylic acid groups (broad SMARTS) is 1. The van der Waals surface area contributed by atoms with Gasteiger partial charge in [-0.15, -0.1) is 0 Å². The number of epoxide rings is 1. The third-order valence-electron chi connectivity index (χ3n) is 9.42. The van der Waals surface area contributed by atoms with Crippen LogP contribution in [0.2, 0.25) is 0 Å². The largest absolute Gasteiger partial charge is 0.480 e. The van der Waals surface area contributed by atoms with Gasteiger partial charge in [0.1, 0.15) is 12.6 Å². The molecule has 0 amide bonds. The van der Waals surface area contributed by atoms with Crippen molar-refractivity contribution in [1.82, 2.24) is 0 Å². The quantitative estimate of drug-likeness (QED) is 0.0175. The molecule has 1 heterocycles. The zero-order valence-electron chi connectivity index (χ0n) is 36.0. The summed E-state index contributed by atoms with van der Waals surface area (Å²) in [5.41, 5.74) is 5.33. The molecule has 59 heavy (non-hydrogen) atoms. The molecule has 1 aliphatic rings. The Morgan fingerprint density at radius 3 is 1.69 bits per heavy atom. The number of rotatable bonds is 39. The minimum atomic E-state index is -4.74. The summed E-state index contributed by atoms with van der Waals surface area (Å²) in [4.78, 5) is 45.9. The van der Waals surface area contributed by atoms with Gasteiger partial charge in [-0.25, -0.2) is 4.57 Å². The van der Waals surface area contributed by atoms with Crippen LogP contribution in [-0.2, 0) is 42.2 Å². The van der Waals surface area contributed by atoms with Crippen molar-refractivity contribution in [2.24, 2.45) is 5.73 Å². The Morgan fingerprint density at radius 2 is 1.14 bits per heavy atom. The molecule has 12 nitrogen and oxygen atoms in total. The average Bonchev–Trinajstić information content (AvgIpc) is 3.99. The molecule has 1 saturated heterocycles. The second kappa shape index (κ2) is 36.7. The van der Waals surface area contributed by atoms with Crippen molar-refractivity contribution in [2.45, 2.75) is 179 Å². The molecule has 13 heteroatoms. The maximum atomic E-state index is 12.6. The first-order valence-electron chi connectivity index (χ1n) is 22.1. The number of hydrogen-bond donors (Lipinski definition) is 3. The van der Waals surface area contributed by atoms with Gasteiger partial charge in [-0.2, -0.15) is 0 Å².